The van der Waals surface area contributed by atoms with Crippen LogP contribution in [-0.2, 0) is 6.54 Å². The molecule has 2 atom stereocenters. The van der Waals surface area contributed by atoms with E-state index in [1.54, 1.807) is 12.3 Å². The topological polar surface area (TPSA) is 104 Å². The van der Waals surface area contributed by atoms with Gasteiger partial charge in [0.05, 0.1) is 30.6 Å². The van der Waals surface area contributed by atoms with E-state index in [9.17, 15) is 15.0 Å². The number of aromatic nitrogens is 1. The van der Waals surface area contributed by atoms with Crippen LogP contribution in [0.15, 0.2) is 12.3 Å². The van der Waals surface area contributed by atoms with Crippen LogP contribution in [0.2, 0.25) is 0 Å². The van der Waals surface area contributed by atoms with Crippen molar-refractivity contribution >= 4 is 6.09 Å². The number of carbonyl (C=O) groups is 1. The molecule has 0 unspecified atom stereocenters. The molecule has 22 heavy (non-hydrogen) atoms. The van der Waals surface area contributed by atoms with E-state index in [1.807, 2.05) is 0 Å². The van der Waals surface area contributed by atoms with Crippen molar-refractivity contribution in [2.45, 2.75) is 25.1 Å². The van der Waals surface area contributed by atoms with Crippen molar-refractivity contribution in [1.82, 2.24) is 15.2 Å². The van der Waals surface area contributed by atoms with Gasteiger partial charge in [0.1, 0.15) is 13.2 Å². The summed E-state index contributed by atoms with van der Waals surface area (Å²) in [6, 6.07) is 1.26. The molecule has 1 fully saturated rings. The van der Waals surface area contributed by atoms with E-state index in [-0.39, 0.29) is 6.54 Å². The number of amides is 1. The number of nitrogens with one attached hydrogen (secondary N) is 1. The molecule has 0 bridgehead atoms. The van der Waals surface area contributed by atoms with Crippen LogP contribution in [0.3, 0.4) is 0 Å². The van der Waals surface area contributed by atoms with Gasteiger partial charge in [0, 0.05) is 12.6 Å². The van der Waals surface area contributed by atoms with Gasteiger partial charge in [-0.05, 0) is 13.0 Å². The summed E-state index contributed by atoms with van der Waals surface area (Å²) in [6.07, 6.45) is 0.325. The SMILES string of the molecule is O=C(O)N(Cc1cc2c(cn1)OCCO2)[C@H]1CCNC[C@H]1O. The lowest BCUT2D eigenvalue weighted by Crippen LogP contribution is -2.54. The molecule has 2 aliphatic rings. The molecule has 1 saturated heterocycles. The Kier molecular flexibility index (Phi) is 4.30. The number of aliphatic hydroxyl groups excluding tert-OH is 1. The summed E-state index contributed by atoms with van der Waals surface area (Å²) >= 11 is 0. The van der Waals surface area contributed by atoms with Gasteiger partial charge < -0.3 is 25.0 Å². The molecule has 8 nitrogen and oxygen atoms in total. The maximum absolute atomic E-state index is 11.5. The number of hydrogen-bond acceptors (Lipinski definition) is 6. The fourth-order valence-electron chi connectivity index (χ4n) is 2.77. The summed E-state index contributed by atoms with van der Waals surface area (Å²) in [5.74, 6) is 1.14. The molecule has 0 saturated carbocycles. The smallest absolute Gasteiger partial charge is 0.407 e. The van der Waals surface area contributed by atoms with Crippen LogP contribution in [0.5, 0.6) is 11.5 Å². The van der Waals surface area contributed by atoms with Crippen LogP contribution in [0.25, 0.3) is 0 Å². The lowest BCUT2D eigenvalue weighted by atomic mass is 10.0. The van der Waals surface area contributed by atoms with Gasteiger partial charge in [-0.3, -0.25) is 9.88 Å². The molecule has 3 N–H and O–H groups in total. The number of ether oxygens (including phenoxy) is 2. The minimum Gasteiger partial charge on any atom is -0.486 e. The van der Waals surface area contributed by atoms with E-state index < -0.39 is 18.2 Å². The van der Waals surface area contributed by atoms with E-state index >= 15 is 0 Å². The van der Waals surface area contributed by atoms with Crippen molar-refractivity contribution in [2.24, 2.45) is 0 Å². The molecule has 0 spiro atoms. The molecule has 1 amide bonds. The summed E-state index contributed by atoms with van der Waals surface area (Å²) in [4.78, 5) is 17.0. The highest BCUT2D eigenvalue weighted by Crippen LogP contribution is 2.30. The average molecular weight is 309 g/mol. The van der Waals surface area contributed by atoms with Crippen LogP contribution in [0.1, 0.15) is 12.1 Å². The zero-order valence-electron chi connectivity index (χ0n) is 12.1. The van der Waals surface area contributed by atoms with Crippen molar-refractivity contribution in [3.63, 3.8) is 0 Å². The van der Waals surface area contributed by atoms with Crippen molar-refractivity contribution < 1.29 is 24.5 Å². The highest BCUT2D eigenvalue weighted by molar-refractivity contribution is 5.65. The van der Waals surface area contributed by atoms with Gasteiger partial charge in [0.25, 0.3) is 0 Å². The predicted octanol–water partition coefficient (Wildman–Crippen LogP) is 0.0556. The molecule has 3 heterocycles. The van der Waals surface area contributed by atoms with E-state index in [1.165, 1.54) is 4.90 Å². The van der Waals surface area contributed by atoms with Crippen LogP contribution in [-0.4, -0.2) is 64.6 Å². The molecular formula is C14H19N3O5. The molecule has 0 aromatic carbocycles. The van der Waals surface area contributed by atoms with E-state index in [0.717, 1.165) is 0 Å². The van der Waals surface area contributed by atoms with E-state index in [4.69, 9.17) is 9.47 Å². The summed E-state index contributed by atoms with van der Waals surface area (Å²) < 4.78 is 10.9. The number of fused-ring (bicyclic) bond motifs is 1. The van der Waals surface area contributed by atoms with Crippen molar-refractivity contribution in [1.29, 1.82) is 0 Å². The highest BCUT2D eigenvalue weighted by Gasteiger charge is 2.32. The van der Waals surface area contributed by atoms with Crippen molar-refractivity contribution in [3.05, 3.63) is 18.0 Å². The number of nitrogens with zero attached hydrogens (tertiary/aromatic N) is 2. The quantitative estimate of drug-likeness (QED) is 0.725. The minimum atomic E-state index is -1.07. The van der Waals surface area contributed by atoms with Crippen molar-refractivity contribution in [3.8, 4) is 11.5 Å². The monoisotopic (exact) mass is 309 g/mol. The molecule has 1 aromatic heterocycles. The van der Waals surface area contributed by atoms with Gasteiger partial charge >= 0.3 is 6.09 Å². The first kappa shape index (κ1) is 14.9. The number of pyridine rings is 1. The van der Waals surface area contributed by atoms with Gasteiger partial charge in [-0.1, -0.05) is 0 Å². The molecule has 120 valence electrons. The van der Waals surface area contributed by atoms with Crippen LogP contribution in [0.4, 0.5) is 4.79 Å². The lowest BCUT2D eigenvalue weighted by Gasteiger charge is -2.36. The second kappa shape index (κ2) is 6.37. The van der Waals surface area contributed by atoms with Crippen LogP contribution < -0.4 is 14.8 Å². The Morgan fingerprint density at radius 1 is 1.41 bits per heavy atom. The Balaban J connectivity index is 1.77. The second-order valence-corrected chi connectivity index (χ2v) is 5.36. The summed E-state index contributed by atoms with van der Waals surface area (Å²) in [5.41, 5.74) is 0.567. The third-order valence-corrected chi connectivity index (χ3v) is 3.88. The number of carboxylic acid groups (broad SMARTS) is 1. The first-order valence-electron chi connectivity index (χ1n) is 7.28. The van der Waals surface area contributed by atoms with Gasteiger partial charge in [-0.25, -0.2) is 4.79 Å². The number of aliphatic hydroxyl groups is 1. The maximum Gasteiger partial charge on any atom is 0.407 e. The Morgan fingerprint density at radius 3 is 2.91 bits per heavy atom. The molecule has 8 heteroatoms. The zero-order chi connectivity index (χ0) is 15.5. The largest absolute Gasteiger partial charge is 0.486 e. The summed E-state index contributed by atoms with van der Waals surface area (Å²) in [5, 5.41) is 22.5. The predicted molar refractivity (Wildman–Crippen MR) is 76.1 cm³/mol. The number of piperidine rings is 1. The molecule has 2 aliphatic heterocycles. The first-order valence-corrected chi connectivity index (χ1v) is 7.28. The van der Waals surface area contributed by atoms with Gasteiger partial charge in [0.15, 0.2) is 11.5 Å². The second-order valence-electron chi connectivity index (χ2n) is 5.36. The fourth-order valence-corrected chi connectivity index (χ4v) is 2.77. The van der Waals surface area contributed by atoms with Crippen LogP contribution in [0, 0.1) is 0 Å². The summed E-state index contributed by atoms with van der Waals surface area (Å²) in [7, 11) is 0. The third kappa shape index (κ3) is 3.07. The Morgan fingerprint density at radius 2 is 2.18 bits per heavy atom. The lowest BCUT2D eigenvalue weighted by molar-refractivity contribution is 0.0273. The molecule has 0 radical (unpaired) electrons. The van der Waals surface area contributed by atoms with E-state index in [2.05, 4.69) is 10.3 Å². The number of hydrogen-bond donors (Lipinski definition) is 3. The molecule has 3 rings (SSSR count). The Bertz CT molecular complexity index is 553. The van der Waals surface area contributed by atoms with Gasteiger partial charge in [-0.15, -0.1) is 0 Å². The third-order valence-electron chi connectivity index (χ3n) is 3.88. The minimum absolute atomic E-state index is 0.105. The maximum atomic E-state index is 11.5. The normalized spacial score (nSPS) is 23.9. The Hall–Kier alpha value is -2.06. The average Bonchev–Trinajstić information content (AvgIpc) is 2.53. The van der Waals surface area contributed by atoms with Gasteiger partial charge in [0.2, 0.25) is 0 Å². The highest BCUT2D eigenvalue weighted by atomic mass is 16.6. The molecule has 0 aliphatic carbocycles. The Labute approximate surface area is 127 Å². The number of rotatable bonds is 3. The van der Waals surface area contributed by atoms with Crippen molar-refractivity contribution in [2.75, 3.05) is 26.3 Å². The first-order chi connectivity index (χ1) is 10.6. The standard InChI is InChI=1S/C14H19N3O5/c18-11-6-15-2-1-10(11)17(14(19)20)8-9-5-12-13(7-16-9)22-4-3-21-12/h5,7,10-11,15,18H,1-4,6,8H2,(H,19,20)/t10-,11+/m0/s1. The zero-order valence-corrected chi connectivity index (χ0v) is 12.1. The fraction of sp³-hybridized carbons (Fsp3) is 0.571. The number of β-amino-alcohol motifs (C(OH)–C–C–N with tert-alkyl or cyclic N) is 1. The summed E-state index contributed by atoms with van der Waals surface area (Å²) in [6.45, 7) is 2.12. The van der Waals surface area contributed by atoms with E-state index in [0.29, 0.717) is 49.9 Å². The van der Waals surface area contributed by atoms with Gasteiger partial charge in [-0.2, -0.15) is 0 Å². The van der Waals surface area contributed by atoms with Crippen LogP contribution >= 0.6 is 0 Å². The molecule has 1 aromatic rings. The molecular weight excluding hydrogens is 290 g/mol.